The van der Waals surface area contributed by atoms with E-state index in [1.54, 1.807) is 0 Å². The first kappa shape index (κ1) is 12.1. The molecule has 2 unspecified atom stereocenters. The molecular formula is C10H10N2O6. The molecule has 0 bridgehead atoms. The molecule has 0 radical (unpaired) electrons. The fourth-order valence-electron chi connectivity index (χ4n) is 2.08. The van der Waals surface area contributed by atoms with Crippen LogP contribution in [0.4, 0.5) is 5.88 Å². The third-order valence-corrected chi connectivity index (χ3v) is 2.99. The molecule has 8 nitrogen and oxygen atoms in total. The third-order valence-electron chi connectivity index (χ3n) is 2.99. The molecule has 1 fully saturated rings. The molecule has 2 rings (SSSR count). The van der Waals surface area contributed by atoms with E-state index in [1.807, 2.05) is 0 Å². The van der Waals surface area contributed by atoms with Crippen LogP contribution in [0.1, 0.15) is 18.2 Å². The summed E-state index contributed by atoms with van der Waals surface area (Å²) in [6, 6.07) is 1.67. The van der Waals surface area contributed by atoms with Gasteiger partial charge in [-0.05, 0) is 6.07 Å². The molecule has 1 saturated heterocycles. The number of carboxylic acids is 1. The summed E-state index contributed by atoms with van der Waals surface area (Å²) in [4.78, 5) is 33.6. The highest BCUT2D eigenvalue weighted by molar-refractivity contribution is 5.87. The Morgan fingerprint density at radius 1 is 1.61 bits per heavy atom. The van der Waals surface area contributed by atoms with Crippen LogP contribution in [0.15, 0.2) is 16.5 Å². The van der Waals surface area contributed by atoms with Gasteiger partial charge in [-0.3, -0.25) is 19.7 Å². The summed E-state index contributed by atoms with van der Waals surface area (Å²) in [6.07, 6.45) is -0.134. The van der Waals surface area contributed by atoms with E-state index in [0.717, 1.165) is 6.07 Å². The monoisotopic (exact) mass is 254 g/mol. The number of hydrogen-bond donors (Lipinski definition) is 1. The number of furan rings is 1. The van der Waals surface area contributed by atoms with Gasteiger partial charge in [0.25, 0.3) is 0 Å². The van der Waals surface area contributed by atoms with Gasteiger partial charge < -0.3 is 14.4 Å². The SMILES string of the molecule is CN1C(=O)CC(C(=O)O)C1c1ccc([N+](=O)[O-])o1. The molecule has 0 spiro atoms. The number of nitrogens with zero attached hydrogens (tertiary/aromatic N) is 2. The average molecular weight is 254 g/mol. The van der Waals surface area contributed by atoms with Gasteiger partial charge in [0.05, 0.1) is 12.0 Å². The standard InChI is InChI=1S/C10H10N2O6/c1-11-7(13)4-5(10(14)15)9(11)6-2-3-8(18-6)12(16)17/h2-3,5,9H,4H2,1H3,(H,14,15). The number of likely N-dealkylation sites (tertiary alicyclic amines) is 1. The Kier molecular flexibility index (Phi) is 2.77. The first-order chi connectivity index (χ1) is 8.41. The van der Waals surface area contributed by atoms with Crippen molar-refractivity contribution >= 4 is 17.8 Å². The Morgan fingerprint density at radius 2 is 2.28 bits per heavy atom. The van der Waals surface area contributed by atoms with E-state index < -0.39 is 28.7 Å². The van der Waals surface area contributed by atoms with Crippen LogP contribution in [0.25, 0.3) is 0 Å². The molecule has 1 aromatic rings. The molecule has 0 aromatic carbocycles. The van der Waals surface area contributed by atoms with E-state index in [0.29, 0.717) is 0 Å². The van der Waals surface area contributed by atoms with Crippen molar-refractivity contribution < 1.29 is 24.0 Å². The molecule has 0 aliphatic carbocycles. The zero-order valence-corrected chi connectivity index (χ0v) is 9.40. The molecule has 2 atom stereocenters. The van der Waals surface area contributed by atoms with Gasteiger partial charge >= 0.3 is 11.9 Å². The number of carbonyl (C=O) groups is 2. The van der Waals surface area contributed by atoms with Crippen LogP contribution in [0.2, 0.25) is 0 Å². The van der Waals surface area contributed by atoms with Crippen molar-refractivity contribution in [2.75, 3.05) is 7.05 Å². The van der Waals surface area contributed by atoms with Gasteiger partial charge in [0.1, 0.15) is 16.7 Å². The van der Waals surface area contributed by atoms with Crippen molar-refractivity contribution in [1.82, 2.24) is 4.90 Å². The Bertz CT molecular complexity index is 522. The Morgan fingerprint density at radius 3 is 2.78 bits per heavy atom. The Balaban J connectivity index is 2.36. The molecule has 0 saturated carbocycles. The summed E-state index contributed by atoms with van der Waals surface area (Å²) < 4.78 is 4.97. The molecule has 1 aliphatic rings. The third kappa shape index (κ3) is 1.81. The highest BCUT2D eigenvalue weighted by Gasteiger charge is 2.44. The zero-order chi connectivity index (χ0) is 13.4. The average Bonchev–Trinajstić information content (AvgIpc) is 2.85. The molecule has 1 aliphatic heterocycles. The van der Waals surface area contributed by atoms with Gasteiger partial charge in [0.15, 0.2) is 0 Å². The maximum atomic E-state index is 11.5. The van der Waals surface area contributed by atoms with E-state index >= 15 is 0 Å². The minimum atomic E-state index is -1.13. The van der Waals surface area contributed by atoms with E-state index in [2.05, 4.69) is 0 Å². The lowest BCUT2D eigenvalue weighted by Gasteiger charge is -2.20. The summed E-state index contributed by atoms with van der Waals surface area (Å²) in [5.41, 5.74) is 0. The molecule has 18 heavy (non-hydrogen) atoms. The summed E-state index contributed by atoms with van der Waals surface area (Å²) in [5, 5.41) is 19.5. The zero-order valence-electron chi connectivity index (χ0n) is 9.40. The lowest BCUT2D eigenvalue weighted by atomic mass is 9.99. The van der Waals surface area contributed by atoms with Gasteiger partial charge in [-0.15, -0.1) is 0 Å². The van der Waals surface area contributed by atoms with Crippen molar-refractivity contribution in [1.29, 1.82) is 0 Å². The fourth-order valence-corrected chi connectivity index (χ4v) is 2.08. The number of nitro groups is 1. The van der Waals surface area contributed by atoms with Crippen LogP contribution in [0.3, 0.4) is 0 Å². The summed E-state index contributed by atoms with van der Waals surface area (Å²) in [5.74, 6) is -2.76. The predicted octanol–water partition coefficient (Wildman–Crippen LogP) is 0.792. The van der Waals surface area contributed by atoms with E-state index in [-0.39, 0.29) is 18.1 Å². The topological polar surface area (TPSA) is 114 Å². The highest BCUT2D eigenvalue weighted by atomic mass is 16.6. The normalized spacial score (nSPS) is 23.4. The lowest BCUT2D eigenvalue weighted by molar-refractivity contribution is -0.402. The molecule has 2 heterocycles. The minimum Gasteiger partial charge on any atom is -0.481 e. The van der Waals surface area contributed by atoms with Crippen molar-refractivity contribution in [3.05, 3.63) is 28.0 Å². The molecule has 8 heteroatoms. The number of carboxylic acid groups (broad SMARTS) is 1. The number of rotatable bonds is 3. The lowest BCUT2D eigenvalue weighted by Crippen LogP contribution is -2.26. The van der Waals surface area contributed by atoms with Gasteiger partial charge in [-0.1, -0.05) is 0 Å². The number of amides is 1. The molecule has 96 valence electrons. The van der Waals surface area contributed by atoms with Crippen LogP contribution in [-0.4, -0.2) is 33.9 Å². The van der Waals surface area contributed by atoms with Crippen LogP contribution in [0, 0.1) is 16.0 Å². The summed E-state index contributed by atoms with van der Waals surface area (Å²) in [7, 11) is 1.45. The van der Waals surface area contributed by atoms with Gasteiger partial charge in [0, 0.05) is 13.5 Å². The minimum absolute atomic E-state index is 0.113. The Labute approximate surface area is 101 Å². The van der Waals surface area contributed by atoms with Crippen molar-refractivity contribution in [3.8, 4) is 0 Å². The second kappa shape index (κ2) is 4.13. The molecule has 1 N–H and O–H groups in total. The van der Waals surface area contributed by atoms with E-state index in [4.69, 9.17) is 9.52 Å². The van der Waals surface area contributed by atoms with E-state index in [1.165, 1.54) is 18.0 Å². The van der Waals surface area contributed by atoms with Gasteiger partial charge in [-0.2, -0.15) is 0 Å². The summed E-state index contributed by atoms with van der Waals surface area (Å²) in [6.45, 7) is 0. The maximum Gasteiger partial charge on any atom is 0.433 e. The second-order valence-corrected chi connectivity index (χ2v) is 4.03. The molecular weight excluding hydrogens is 244 g/mol. The van der Waals surface area contributed by atoms with Crippen molar-refractivity contribution in [2.24, 2.45) is 5.92 Å². The Hall–Kier alpha value is -2.38. The number of hydrogen-bond acceptors (Lipinski definition) is 5. The largest absolute Gasteiger partial charge is 0.481 e. The van der Waals surface area contributed by atoms with Crippen LogP contribution >= 0.6 is 0 Å². The predicted molar refractivity (Wildman–Crippen MR) is 56.6 cm³/mol. The van der Waals surface area contributed by atoms with Crippen molar-refractivity contribution in [2.45, 2.75) is 12.5 Å². The fraction of sp³-hybridized carbons (Fsp3) is 0.400. The number of carbonyl (C=O) groups excluding carboxylic acids is 1. The van der Waals surface area contributed by atoms with Crippen LogP contribution in [-0.2, 0) is 9.59 Å². The van der Waals surface area contributed by atoms with Crippen LogP contribution < -0.4 is 0 Å². The van der Waals surface area contributed by atoms with E-state index in [9.17, 15) is 19.7 Å². The summed E-state index contributed by atoms with van der Waals surface area (Å²) >= 11 is 0. The van der Waals surface area contributed by atoms with Crippen LogP contribution in [0.5, 0.6) is 0 Å². The van der Waals surface area contributed by atoms with Gasteiger partial charge in [0.2, 0.25) is 5.91 Å². The second-order valence-electron chi connectivity index (χ2n) is 4.03. The first-order valence-corrected chi connectivity index (χ1v) is 5.14. The van der Waals surface area contributed by atoms with Gasteiger partial charge in [-0.25, -0.2) is 0 Å². The molecule has 1 aromatic heterocycles. The molecule has 1 amide bonds. The quantitative estimate of drug-likeness (QED) is 0.630. The maximum absolute atomic E-state index is 11.5. The number of aliphatic carboxylic acids is 1. The smallest absolute Gasteiger partial charge is 0.433 e. The first-order valence-electron chi connectivity index (χ1n) is 5.14. The van der Waals surface area contributed by atoms with Crippen molar-refractivity contribution in [3.63, 3.8) is 0 Å². The highest BCUT2D eigenvalue weighted by Crippen LogP contribution is 2.38.